The molecule has 2 N–H and O–H groups in total. The van der Waals surface area contributed by atoms with Crippen molar-refractivity contribution in [3.63, 3.8) is 0 Å². The lowest BCUT2D eigenvalue weighted by Gasteiger charge is -2.25. The average molecular weight is 294 g/mol. The Morgan fingerprint density at radius 3 is 2.40 bits per heavy atom. The quantitative estimate of drug-likeness (QED) is 0.928. The molecule has 0 aliphatic carbocycles. The summed E-state index contributed by atoms with van der Waals surface area (Å²) >= 11 is 5.87. The second-order valence-corrected chi connectivity index (χ2v) is 5.51. The lowest BCUT2D eigenvalue weighted by Crippen LogP contribution is -2.35. The summed E-state index contributed by atoms with van der Waals surface area (Å²) in [5.41, 5.74) is 7.53. The molecule has 1 atom stereocenters. The van der Waals surface area contributed by atoms with Gasteiger partial charge in [-0.1, -0.05) is 29.8 Å². The Hall–Kier alpha value is -1.58. The molecule has 2 aromatic carbocycles. The van der Waals surface area contributed by atoms with E-state index in [9.17, 15) is 4.39 Å². The first-order chi connectivity index (χ1) is 9.42. The van der Waals surface area contributed by atoms with Crippen LogP contribution in [0.15, 0.2) is 42.5 Å². The maximum absolute atomic E-state index is 13.7. The van der Waals surface area contributed by atoms with Crippen molar-refractivity contribution in [2.24, 2.45) is 5.73 Å². The molecule has 2 rings (SSSR count). The normalized spacial score (nSPS) is 13.8. The average Bonchev–Trinajstić information content (AvgIpc) is 2.39. The molecule has 1 unspecified atom stereocenters. The number of ether oxygens (including phenoxy) is 1. The van der Waals surface area contributed by atoms with Crippen LogP contribution in [0.3, 0.4) is 0 Å². The predicted octanol–water partition coefficient (Wildman–Crippen LogP) is 3.90. The fourth-order valence-electron chi connectivity index (χ4n) is 2.18. The first-order valence-corrected chi connectivity index (χ1v) is 6.67. The summed E-state index contributed by atoms with van der Waals surface area (Å²) in [6.07, 6.45) is 0.523. The van der Waals surface area contributed by atoms with Gasteiger partial charge in [-0.25, -0.2) is 4.39 Å². The summed E-state index contributed by atoms with van der Waals surface area (Å²) in [6, 6.07) is 12.3. The molecule has 0 aromatic heterocycles. The van der Waals surface area contributed by atoms with Crippen LogP contribution in [0.1, 0.15) is 18.1 Å². The topological polar surface area (TPSA) is 35.2 Å². The van der Waals surface area contributed by atoms with Gasteiger partial charge < -0.3 is 10.5 Å². The van der Waals surface area contributed by atoms with Gasteiger partial charge in [0.25, 0.3) is 0 Å². The minimum absolute atomic E-state index is 0.235. The van der Waals surface area contributed by atoms with Gasteiger partial charge in [-0.2, -0.15) is 0 Å². The first kappa shape index (κ1) is 14.8. The maximum atomic E-state index is 13.7. The smallest absolute Gasteiger partial charge is 0.165 e. The van der Waals surface area contributed by atoms with E-state index in [-0.39, 0.29) is 11.6 Å². The first-order valence-electron chi connectivity index (χ1n) is 6.30. The summed E-state index contributed by atoms with van der Waals surface area (Å²) in [5.74, 6) is -0.143. The van der Waals surface area contributed by atoms with E-state index in [0.29, 0.717) is 11.4 Å². The fraction of sp³-hybridized carbons (Fsp3) is 0.250. The van der Waals surface area contributed by atoms with Gasteiger partial charge in [0.15, 0.2) is 11.6 Å². The summed E-state index contributed by atoms with van der Waals surface area (Å²) < 4.78 is 18.6. The van der Waals surface area contributed by atoms with Crippen molar-refractivity contribution in [2.75, 3.05) is 7.11 Å². The second kappa shape index (κ2) is 5.81. The molecule has 106 valence electrons. The minimum Gasteiger partial charge on any atom is -0.494 e. The third-order valence-corrected chi connectivity index (χ3v) is 3.54. The molecule has 0 spiro atoms. The number of benzene rings is 2. The van der Waals surface area contributed by atoms with Crippen molar-refractivity contribution in [3.05, 3.63) is 64.4 Å². The Morgan fingerprint density at radius 1 is 1.20 bits per heavy atom. The molecule has 20 heavy (non-hydrogen) atoms. The number of rotatable bonds is 4. The molecular weight excluding hydrogens is 277 g/mol. The largest absolute Gasteiger partial charge is 0.494 e. The van der Waals surface area contributed by atoms with Crippen LogP contribution in [0.5, 0.6) is 5.75 Å². The Balaban J connectivity index is 2.23. The molecule has 0 radical (unpaired) electrons. The van der Waals surface area contributed by atoms with Gasteiger partial charge in [0.2, 0.25) is 0 Å². The number of nitrogens with two attached hydrogens (primary N) is 1. The van der Waals surface area contributed by atoms with Crippen LogP contribution in [-0.2, 0) is 12.0 Å². The lowest BCUT2D eigenvalue weighted by molar-refractivity contribution is 0.385. The molecule has 0 amide bonds. The van der Waals surface area contributed by atoms with Gasteiger partial charge in [-0.05, 0) is 48.7 Å². The lowest BCUT2D eigenvalue weighted by atomic mass is 9.86. The summed E-state index contributed by atoms with van der Waals surface area (Å²) in [7, 11) is 1.44. The highest BCUT2D eigenvalue weighted by molar-refractivity contribution is 6.30. The molecule has 0 saturated carbocycles. The summed E-state index contributed by atoms with van der Waals surface area (Å²) in [4.78, 5) is 0. The molecule has 0 bridgehead atoms. The van der Waals surface area contributed by atoms with Gasteiger partial charge >= 0.3 is 0 Å². The van der Waals surface area contributed by atoms with E-state index in [4.69, 9.17) is 22.1 Å². The van der Waals surface area contributed by atoms with Crippen molar-refractivity contribution >= 4 is 11.6 Å². The van der Waals surface area contributed by atoms with Crippen LogP contribution >= 0.6 is 11.6 Å². The highest BCUT2D eigenvalue weighted by Crippen LogP contribution is 2.26. The monoisotopic (exact) mass is 293 g/mol. The van der Waals surface area contributed by atoms with E-state index >= 15 is 0 Å². The van der Waals surface area contributed by atoms with Crippen molar-refractivity contribution < 1.29 is 9.13 Å². The Kier molecular flexibility index (Phi) is 4.31. The Morgan fingerprint density at radius 2 is 1.85 bits per heavy atom. The third-order valence-electron chi connectivity index (χ3n) is 3.29. The molecule has 4 heteroatoms. The van der Waals surface area contributed by atoms with E-state index in [2.05, 4.69) is 0 Å². The van der Waals surface area contributed by atoms with E-state index in [1.54, 1.807) is 18.2 Å². The van der Waals surface area contributed by atoms with Crippen LogP contribution in [0.25, 0.3) is 0 Å². The molecule has 0 aliphatic heterocycles. The standard InChI is InChI=1S/C16H17ClFNO/c1-16(19,12-4-6-13(17)7-5-12)10-11-3-8-15(20-2)14(18)9-11/h3-9H,10,19H2,1-2H3. The number of hydrogen-bond donors (Lipinski definition) is 1. The van der Waals surface area contributed by atoms with Crippen LogP contribution in [-0.4, -0.2) is 7.11 Å². The highest BCUT2D eigenvalue weighted by Gasteiger charge is 2.22. The molecule has 0 aliphatic rings. The summed E-state index contributed by atoms with van der Waals surface area (Å²) in [6.45, 7) is 1.92. The van der Waals surface area contributed by atoms with E-state index in [0.717, 1.165) is 11.1 Å². The zero-order chi connectivity index (χ0) is 14.8. The van der Waals surface area contributed by atoms with E-state index in [1.165, 1.54) is 13.2 Å². The van der Waals surface area contributed by atoms with Crippen molar-refractivity contribution in [1.82, 2.24) is 0 Å². The van der Waals surface area contributed by atoms with E-state index < -0.39 is 5.54 Å². The van der Waals surface area contributed by atoms with Gasteiger partial charge in [0.1, 0.15) is 0 Å². The van der Waals surface area contributed by atoms with Crippen LogP contribution in [0.2, 0.25) is 5.02 Å². The zero-order valence-corrected chi connectivity index (χ0v) is 12.2. The molecular formula is C16H17ClFNO. The summed E-state index contributed by atoms with van der Waals surface area (Å²) in [5, 5.41) is 0.667. The van der Waals surface area contributed by atoms with E-state index in [1.807, 2.05) is 25.1 Å². The number of halogens is 2. The van der Waals surface area contributed by atoms with Gasteiger partial charge in [-0.3, -0.25) is 0 Å². The molecule has 0 heterocycles. The zero-order valence-electron chi connectivity index (χ0n) is 11.5. The van der Waals surface area contributed by atoms with Gasteiger partial charge in [-0.15, -0.1) is 0 Å². The van der Waals surface area contributed by atoms with Crippen molar-refractivity contribution in [1.29, 1.82) is 0 Å². The van der Waals surface area contributed by atoms with Crippen LogP contribution < -0.4 is 10.5 Å². The van der Waals surface area contributed by atoms with Gasteiger partial charge in [0, 0.05) is 10.6 Å². The molecule has 0 saturated heterocycles. The van der Waals surface area contributed by atoms with Crippen molar-refractivity contribution in [2.45, 2.75) is 18.9 Å². The fourth-order valence-corrected chi connectivity index (χ4v) is 2.30. The predicted molar refractivity (Wildman–Crippen MR) is 79.6 cm³/mol. The molecule has 0 fully saturated rings. The Bertz CT molecular complexity index is 596. The highest BCUT2D eigenvalue weighted by atomic mass is 35.5. The second-order valence-electron chi connectivity index (χ2n) is 5.07. The van der Waals surface area contributed by atoms with Crippen LogP contribution in [0, 0.1) is 5.82 Å². The van der Waals surface area contributed by atoms with Crippen molar-refractivity contribution in [3.8, 4) is 5.75 Å². The minimum atomic E-state index is -0.592. The number of hydrogen-bond acceptors (Lipinski definition) is 2. The third kappa shape index (κ3) is 3.30. The Labute approximate surface area is 123 Å². The SMILES string of the molecule is COc1ccc(CC(C)(N)c2ccc(Cl)cc2)cc1F. The molecule has 2 aromatic rings. The maximum Gasteiger partial charge on any atom is 0.165 e. The van der Waals surface area contributed by atoms with Gasteiger partial charge in [0.05, 0.1) is 7.11 Å². The number of methoxy groups -OCH3 is 1. The molecule has 2 nitrogen and oxygen atoms in total. The van der Waals surface area contributed by atoms with Crippen LogP contribution in [0.4, 0.5) is 4.39 Å².